The largest absolute Gasteiger partial charge is 0.316 e. The topological polar surface area (TPSA) is 12.0 Å². The van der Waals surface area contributed by atoms with Crippen LogP contribution in [0.4, 0.5) is 0 Å². The highest BCUT2D eigenvalue weighted by Crippen LogP contribution is 2.15. The Labute approximate surface area is 77.6 Å². The third-order valence-electron chi connectivity index (χ3n) is 1.74. The first-order valence-corrected chi connectivity index (χ1v) is 5.46. The van der Waals surface area contributed by atoms with Gasteiger partial charge in [0.1, 0.15) is 0 Å². The van der Waals surface area contributed by atoms with Crippen molar-refractivity contribution >= 4 is 23.4 Å². The Balaban J connectivity index is 1.95. The normalized spacial score (nSPS) is 20.0. The van der Waals surface area contributed by atoms with Crippen LogP contribution >= 0.6 is 23.4 Å². The second-order valence-electron chi connectivity index (χ2n) is 2.99. The van der Waals surface area contributed by atoms with Crippen LogP contribution in [0.1, 0.15) is 6.92 Å². The first-order chi connectivity index (χ1) is 5.33. The zero-order chi connectivity index (χ0) is 8.10. The number of thioether (sulfide) groups is 1. The summed E-state index contributed by atoms with van der Waals surface area (Å²) in [6, 6.07) is 0. The number of hydrogen-bond donors (Lipinski definition) is 1. The van der Waals surface area contributed by atoms with Gasteiger partial charge in [-0.2, -0.15) is 11.8 Å². The van der Waals surface area contributed by atoms with Gasteiger partial charge in [-0.3, -0.25) is 0 Å². The molecule has 0 radical (unpaired) electrons. The van der Waals surface area contributed by atoms with Gasteiger partial charge in [-0.15, -0.1) is 0 Å². The molecule has 1 N–H and O–H groups in total. The van der Waals surface area contributed by atoms with Gasteiger partial charge in [0.05, 0.1) is 0 Å². The quantitative estimate of drug-likeness (QED) is 0.731. The Morgan fingerprint density at radius 1 is 1.73 bits per heavy atom. The molecular formula is C8H14ClNS. The Morgan fingerprint density at radius 2 is 2.45 bits per heavy atom. The maximum atomic E-state index is 5.53. The van der Waals surface area contributed by atoms with Gasteiger partial charge in [-0.25, -0.2) is 0 Å². The van der Waals surface area contributed by atoms with E-state index in [0.29, 0.717) is 0 Å². The van der Waals surface area contributed by atoms with Crippen LogP contribution in [0.2, 0.25) is 0 Å². The second-order valence-corrected chi connectivity index (χ2v) is 4.24. The first-order valence-electron chi connectivity index (χ1n) is 3.87. The average Bonchev–Trinajstić information content (AvgIpc) is 1.94. The van der Waals surface area contributed by atoms with E-state index in [1.54, 1.807) is 5.54 Å². The van der Waals surface area contributed by atoms with E-state index in [4.69, 9.17) is 11.6 Å². The van der Waals surface area contributed by atoms with E-state index in [-0.39, 0.29) is 0 Å². The first kappa shape index (κ1) is 9.43. The fourth-order valence-corrected chi connectivity index (χ4v) is 2.15. The van der Waals surface area contributed by atoms with E-state index in [1.165, 1.54) is 24.4 Å². The predicted molar refractivity (Wildman–Crippen MR) is 53.3 cm³/mol. The number of hydrogen-bond acceptors (Lipinski definition) is 2. The van der Waals surface area contributed by atoms with Crippen molar-refractivity contribution in [1.29, 1.82) is 0 Å². The van der Waals surface area contributed by atoms with E-state index in [2.05, 4.69) is 12.2 Å². The lowest BCUT2D eigenvalue weighted by atomic mass is 10.1. The Hall–Kier alpha value is 0.340. The molecule has 1 rings (SSSR count). The van der Waals surface area contributed by atoms with E-state index >= 15 is 0 Å². The predicted octanol–water partition coefficient (Wildman–Crippen LogP) is 2.08. The maximum Gasteiger partial charge on any atom is 0.0152 e. The highest BCUT2D eigenvalue weighted by molar-refractivity contribution is 7.99. The van der Waals surface area contributed by atoms with Crippen LogP contribution in [-0.2, 0) is 0 Å². The van der Waals surface area contributed by atoms with Crippen LogP contribution in [0.5, 0.6) is 0 Å². The van der Waals surface area contributed by atoms with Crippen molar-refractivity contribution in [2.75, 3.05) is 24.6 Å². The van der Waals surface area contributed by atoms with Crippen molar-refractivity contribution in [1.82, 2.24) is 5.32 Å². The van der Waals surface area contributed by atoms with E-state index in [9.17, 15) is 0 Å². The lowest BCUT2D eigenvalue weighted by molar-refractivity contribution is 0.385. The third-order valence-corrected chi connectivity index (χ3v) is 3.47. The molecule has 1 fully saturated rings. The monoisotopic (exact) mass is 191 g/mol. The van der Waals surface area contributed by atoms with Gasteiger partial charge in [-0.05, 0) is 31.7 Å². The summed E-state index contributed by atoms with van der Waals surface area (Å²) in [7, 11) is 0. The van der Waals surface area contributed by atoms with Crippen molar-refractivity contribution in [3.05, 3.63) is 11.1 Å². The molecule has 3 heteroatoms. The summed E-state index contributed by atoms with van der Waals surface area (Å²) in [6.45, 7) is 4.48. The van der Waals surface area contributed by atoms with Crippen LogP contribution in [-0.4, -0.2) is 24.6 Å². The molecule has 11 heavy (non-hydrogen) atoms. The minimum atomic E-state index is 0.906. The van der Waals surface area contributed by atoms with Gasteiger partial charge >= 0.3 is 0 Å². The Kier molecular flexibility index (Phi) is 4.34. The summed E-state index contributed by atoms with van der Waals surface area (Å²) in [6.07, 6.45) is 0. The molecule has 0 aliphatic carbocycles. The van der Waals surface area contributed by atoms with Crippen molar-refractivity contribution in [3.63, 3.8) is 0 Å². The zero-order valence-electron chi connectivity index (χ0n) is 6.77. The molecule has 0 saturated carbocycles. The molecule has 1 aliphatic heterocycles. The molecule has 0 aromatic heterocycles. The standard InChI is InChI=1S/C8H14ClNS/c1-7(2-9)5-11-6-8-3-10-4-8/h2,8,10H,3-6H2,1H3. The Bertz CT molecular complexity index is 143. The summed E-state index contributed by atoms with van der Waals surface area (Å²) < 4.78 is 0. The molecule has 0 spiro atoms. The van der Waals surface area contributed by atoms with Crippen LogP contribution < -0.4 is 5.32 Å². The summed E-state index contributed by atoms with van der Waals surface area (Å²) in [5.74, 6) is 3.26. The van der Waals surface area contributed by atoms with Gasteiger partial charge in [0.2, 0.25) is 0 Å². The van der Waals surface area contributed by atoms with Gasteiger partial charge < -0.3 is 5.32 Å². The molecule has 64 valence electrons. The summed E-state index contributed by atoms with van der Waals surface area (Å²) in [5.41, 5.74) is 2.94. The minimum Gasteiger partial charge on any atom is -0.316 e. The van der Waals surface area contributed by atoms with Crippen molar-refractivity contribution in [3.8, 4) is 0 Å². The molecule has 1 nitrogen and oxygen atoms in total. The summed E-state index contributed by atoms with van der Waals surface area (Å²) in [4.78, 5) is 0. The van der Waals surface area contributed by atoms with Crippen LogP contribution in [0, 0.1) is 5.92 Å². The summed E-state index contributed by atoms with van der Waals surface area (Å²) >= 11 is 7.50. The minimum absolute atomic E-state index is 0.906. The van der Waals surface area contributed by atoms with Gasteiger partial charge in [0, 0.05) is 11.3 Å². The maximum absolute atomic E-state index is 5.53. The SMILES string of the molecule is CC(=CCl)CSCC1CNC1. The second kappa shape index (κ2) is 5.07. The molecular weight excluding hydrogens is 178 g/mol. The van der Waals surface area contributed by atoms with Crippen molar-refractivity contribution in [2.24, 2.45) is 5.92 Å². The van der Waals surface area contributed by atoms with Gasteiger partial charge in [-0.1, -0.05) is 17.2 Å². The smallest absolute Gasteiger partial charge is 0.0152 e. The molecule has 0 bridgehead atoms. The zero-order valence-corrected chi connectivity index (χ0v) is 8.34. The molecule has 0 atom stereocenters. The van der Waals surface area contributed by atoms with Crippen molar-refractivity contribution in [2.45, 2.75) is 6.92 Å². The van der Waals surface area contributed by atoms with Gasteiger partial charge in [0.25, 0.3) is 0 Å². The molecule has 0 amide bonds. The lowest BCUT2D eigenvalue weighted by Crippen LogP contribution is -2.43. The van der Waals surface area contributed by atoms with E-state index in [1.807, 2.05) is 11.8 Å². The Morgan fingerprint density at radius 3 is 2.91 bits per heavy atom. The van der Waals surface area contributed by atoms with Crippen molar-refractivity contribution < 1.29 is 0 Å². The summed E-state index contributed by atoms with van der Waals surface area (Å²) in [5, 5.41) is 3.26. The lowest BCUT2D eigenvalue weighted by Gasteiger charge is -2.26. The molecule has 1 aliphatic rings. The molecule has 1 saturated heterocycles. The molecule has 0 aromatic carbocycles. The fraction of sp³-hybridized carbons (Fsp3) is 0.750. The molecule has 0 aromatic rings. The highest BCUT2D eigenvalue weighted by atomic mass is 35.5. The molecule has 0 unspecified atom stereocenters. The number of nitrogens with one attached hydrogen (secondary N) is 1. The average molecular weight is 192 g/mol. The van der Waals surface area contributed by atoms with E-state index in [0.717, 1.165) is 11.7 Å². The molecule has 1 heterocycles. The number of rotatable bonds is 4. The highest BCUT2D eigenvalue weighted by Gasteiger charge is 2.15. The van der Waals surface area contributed by atoms with E-state index < -0.39 is 0 Å². The van der Waals surface area contributed by atoms with Gasteiger partial charge in [0.15, 0.2) is 0 Å². The number of halogens is 1. The van der Waals surface area contributed by atoms with Crippen LogP contribution in [0.25, 0.3) is 0 Å². The fourth-order valence-electron chi connectivity index (χ4n) is 0.884. The van der Waals surface area contributed by atoms with Crippen LogP contribution in [0.3, 0.4) is 0 Å². The third kappa shape index (κ3) is 3.50. The van der Waals surface area contributed by atoms with Crippen LogP contribution in [0.15, 0.2) is 11.1 Å².